The van der Waals surface area contributed by atoms with Gasteiger partial charge in [0.05, 0.1) is 0 Å². The summed E-state index contributed by atoms with van der Waals surface area (Å²) in [6, 6.07) is 4.33. The molecule has 0 aliphatic rings. The number of carbonyl (C=O) groups is 1. The van der Waals surface area contributed by atoms with Gasteiger partial charge in [-0.15, -0.1) is 0 Å². The Kier molecular flexibility index (Phi) is 3.66. The molecule has 0 saturated heterocycles. The van der Waals surface area contributed by atoms with Gasteiger partial charge in [0.25, 0.3) is 10.1 Å². The fourth-order valence-electron chi connectivity index (χ4n) is 1.34. The van der Waals surface area contributed by atoms with Gasteiger partial charge >= 0.3 is 0 Å². The minimum atomic E-state index is -4.09. The first-order valence-electron chi connectivity index (χ1n) is 4.70. The molecule has 0 fully saturated rings. The van der Waals surface area contributed by atoms with Gasteiger partial charge in [-0.25, -0.2) is 0 Å². The van der Waals surface area contributed by atoms with E-state index < -0.39 is 15.9 Å². The minimum Gasteiger partial charge on any atom is -0.398 e. The van der Waals surface area contributed by atoms with Gasteiger partial charge in [0.2, 0.25) is 0 Å². The molecule has 16 heavy (non-hydrogen) atoms. The topological polar surface area (TPSA) is 97.5 Å². The molecule has 0 atom stereocenters. The Morgan fingerprint density at radius 3 is 2.56 bits per heavy atom. The Hall–Kier alpha value is -1.40. The third kappa shape index (κ3) is 3.32. The molecule has 0 unspecified atom stereocenters. The average Bonchev–Trinajstić information content (AvgIpc) is 2.18. The molecule has 1 rings (SSSR count). The highest BCUT2D eigenvalue weighted by atomic mass is 32.2. The van der Waals surface area contributed by atoms with Crippen LogP contribution in [0.3, 0.4) is 0 Å². The van der Waals surface area contributed by atoms with Crippen LogP contribution in [0.2, 0.25) is 0 Å². The zero-order valence-corrected chi connectivity index (χ0v) is 9.62. The summed E-state index contributed by atoms with van der Waals surface area (Å²) in [4.78, 5) is 11.5. The molecule has 0 saturated carbocycles. The first-order valence-corrected chi connectivity index (χ1v) is 6.31. The summed E-state index contributed by atoms with van der Waals surface area (Å²) in [5, 5.41) is 0. The lowest BCUT2D eigenvalue weighted by atomic mass is 10.0. The first-order chi connectivity index (χ1) is 7.33. The highest BCUT2D eigenvalue weighted by Gasteiger charge is 2.12. The first kappa shape index (κ1) is 12.7. The highest BCUT2D eigenvalue weighted by Crippen LogP contribution is 2.17. The quantitative estimate of drug-likeness (QED) is 0.471. The van der Waals surface area contributed by atoms with E-state index >= 15 is 0 Å². The Balaban J connectivity index is 3.12. The fourth-order valence-corrected chi connectivity index (χ4v) is 1.94. The van der Waals surface area contributed by atoms with E-state index in [0.29, 0.717) is 23.2 Å². The van der Waals surface area contributed by atoms with E-state index in [0.717, 1.165) is 0 Å². The molecule has 3 N–H and O–H groups in total. The number of Topliss-reactive ketones (excluding diaryl/α,β-unsaturated/α-hetero) is 1. The van der Waals surface area contributed by atoms with Crippen LogP contribution in [0, 0.1) is 0 Å². The van der Waals surface area contributed by atoms with Crippen molar-refractivity contribution in [3.8, 4) is 0 Å². The van der Waals surface area contributed by atoms with Gasteiger partial charge in [-0.3, -0.25) is 9.35 Å². The number of anilines is 1. The van der Waals surface area contributed by atoms with E-state index in [1.807, 2.05) is 0 Å². The standard InChI is InChI=1S/C10H13NO4S/c1-2-10(12)8-5-7(3-4-9(8)11)6-16(13,14)15/h3-5H,2,6,11H2,1H3,(H,13,14,15). The van der Waals surface area contributed by atoms with Gasteiger partial charge in [-0.05, 0) is 17.7 Å². The number of ketones is 1. The van der Waals surface area contributed by atoms with Crippen molar-refractivity contribution in [3.63, 3.8) is 0 Å². The second-order valence-electron chi connectivity index (χ2n) is 3.42. The largest absolute Gasteiger partial charge is 0.398 e. The zero-order chi connectivity index (χ0) is 12.3. The SMILES string of the molecule is CCC(=O)c1cc(CS(=O)(=O)O)ccc1N. The van der Waals surface area contributed by atoms with Gasteiger partial charge in [0.15, 0.2) is 5.78 Å². The number of benzene rings is 1. The van der Waals surface area contributed by atoms with Crippen LogP contribution in [0.15, 0.2) is 18.2 Å². The maximum Gasteiger partial charge on any atom is 0.269 e. The predicted octanol–water partition coefficient (Wildman–Crippen LogP) is 1.25. The lowest BCUT2D eigenvalue weighted by Crippen LogP contribution is -2.06. The van der Waals surface area contributed by atoms with Crippen LogP contribution < -0.4 is 5.73 Å². The lowest BCUT2D eigenvalue weighted by Gasteiger charge is -2.05. The van der Waals surface area contributed by atoms with E-state index in [2.05, 4.69) is 0 Å². The highest BCUT2D eigenvalue weighted by molar-refractivity contribution is 7.85. The normalized spacial score (nSPS) is 11.4. The molecule has 0 amide bonds. The van der Waals surface area contributed by atoms with Crippen LogP contribution in [0.1, 0.15) is 29.3 Å². The minimum absolute atomic E-state index is 0.158. The van der Waals surface area contributed by atoms with Gasteiger partial charge in [0.1, 0.15) is 5.75 Å². The summed E-state index contributed by atoms with van der Waals surface area (Å²) in [5.41, 5.74) is 6.54. The monoisotopic (exact) mass is 243 g/mol. The third-order valence-electron chi connectivity index (χ3n) is 2.09. The summed E-state index contributed by atoms with van der Waals surface area (Å²) in [7, 11) is -4.09. The molecular formula is C10H13NO4S. The summed E-state index contributed by atoms with van der Waals surface area (Å²) < 4.78 is 30.0. The molecule has 0 heterocycles. The Morgan fingerprint density at radius 1 is 1.44 bits per heavy atom. The van der Waals surface area contributed by atoms with Crippen LogP contribution in [0.5, 0.6) is 0 Å². The average molecular weight is 243 g/mol. The molecule has 0 spiro atoms. The Morgan fingerprint density at radius 2 is 2.06 bits per heavy atom. The molecule has 1 aromatic rings. The molecule has 0 radical (unpaired) electrons. The van der Waals surface area contributed by atoms with E-state index in [9.17, 15) is 13.2 Å². The molecule has 5 nitrogen and oxygen atoms in total. The lowest BCUT2D eigenvalue weighted by molar-refractivity contribution is 0.0989. The number of hydrogen-bond acceptors (Lipinski definition) is 4. The number of nitrogens with two attached hydrogens (primary N) is 1. The molecule has 88 valence electrons. The van der Waals surface area contributed by atoms with Crippen LogP contribution in [-0.2, 0) is 15.9 Å². The number of nitrogen functional groups attached to an aromatic ring is 1. The smallest absolute Gasteiger partial charge is 0.269 e. The van der Waals surface area contributed by atoms with E-state index in [4.69, 9.17) is 10.3 Å². The molecule has 6 heteroatoms. The molecule has 1 aromatic carbocycles. The van der Waals surface area contributed by atoms with E-state index in [-0.39, 0.29) is 5.78 Å². The van der Waals surface area contributed by atoms with E-state index in [1.54, 1.807) is 6.92 Å². The molecule has 0 bridgehead atoms. The number of rotatable bonds is 4. The van der Waals surface area contributed by atoms with Crippen molar-refractivity contribution in [1.29, 1.82) is 0 Å². The van der Waals surface area contributed by atoms with Crippen molar-refractivity contribution in [1.82, 2.24) is 0 Å². The van der Waals surface area contributed by atoms with Crippen LogP contribution in [0.4, 0.5) is 5.69 Å². The van der Waals surface area contributed by atoms with Crippen molar-refractivity contribution in [3.05, 3.63) is 29.3 Å². The summed E-state index contributed by atoms with van der Waals surface area (Å²) >= 11 is 0. The summed E-state index contributed by atoms with van der Waals surface area (Å²) in [6.45, 7) is 1.69. The van der Waals surface area contributed by atoms with Crippen LogP contribution in [-0.4, -0.2) is 18.8 Å². The van der Waals surface area contributed by atoms with Gasteiger partial charge in [0, 0.05) is 17.7 Å². The van der Waals surface area contributed by atoms with Crippen LogP contribution >= 0.6 is 0 Å². The van der Waals surface area contributed by atoms with Crippen molar-refractivity contribution in [2.45, 2.75) is 19.1 Å². The fraction of sp³-hybridized carbons (Fsp3) is 0.300. The third-order valence-corrected chi connectivity index (χ3v) is 2.79. The Bertz CT molecular complexity index is 508. The predicted molar refractivity (Wildman–Crippen MR) is 60.7 cm³/mol. The maximum atomic E-state index is 11.5. The molecule has 0 aromatic heterocycles. The zero-order valence-electron chi connectivity index (χ0n) is 8.80. The molecule has 0 aliphatic carbocycles. The van der Waals surface area contributed by atoms with Gasteiger partial charge in [-0.1, -0.05) is 13.0 Å². The van der Waals surface area contributed by atoms with Gasteiger partial charge < -0.3 is 5.73 Å². The number of carbonyl (C=O) groups excluding carboxylic acids is 1. The summed E-state index contributed by atoms with van der Waals surface area (Å²) in [5.74, 6) is -0.674. The van der Waals surface area contributed by atoms with Gasteiger partial charge in [-0.2, -0.15) is 8.42 Å². The second-order valence-corrected chi connectivity index (χ2v) is 4.88. The van der Waals surface area contributed by atoms with E-state index in [1.165, 1.54) is 18.2 Å². The van der Waals surface area contributed by atoms with Crippen LogP contribution in [0.25, 0.3) is 0 Å². The summed E-state index contributed by atoms with van der Waals surface area (Å²) in [6.07, 6.45) is 0.291. The maximum absolute atomic E-state index is 11.5. The molecular weight excluding hydrogens is 230 g/mol. The molecule has 0 aliphatic heterocycles. The van der Waals surface area contributed by atoms with Crippen molar-refractivity contribution in [2.24, 2.45) is 0 Å². The van der Waals surface area contributed by atoms with Crippen molar-refractivity contribution < 1.29 is 17.8 Å². The second kappa shape index (κ2) is 4.63. The van der Waals surface area contributed by atoms with Crippen molar-refractivity contribution >= 4 is 21.6 Å². The van der Waals surface area contributed by atoms with Crippen molar-refractivity contribution in [2.75, 3.05) is 5.73 Å². The number of hydrogen-bond donors (Lipinski definition) is 2. The Labute approximate surface area is 94.0 Å².